The minimum Gasteiger partial charge on any atom is -0.481 e. The Kier molecular flexibility index (Phi) is 5.35. The minimum atomic E-state index is -0.882. The number of hydrogen-bond donors (Lipinski definition) is 2. The lowest BCUT2D eigenvalue weighted by atomic mass is 9.99. The van der Waals surface area contributed by atoms with Crippen molar-refractivity contribution in [1.82, 2.24) is 4.90 Å². The van der Waals surface area contributed by atoms with Gasteiger partial charge in [-0.1, -0.05) is 39.1 Å². The third-order valence-corrected chi connectivity index (χ3v) is 4.35. The number of benzene rings is 1. The van der Waals surface area contributed by atoms with Gasteiger partial charge in [0, 0.05) is 17.6 Å². The molecule has 1 fully saturated rings. The number of carbonyl (C=O) groups is 2. The van der Waals surface area contributed by atoms with Gasteiger partial charge in [0.15, 0.2) is 0 Å². The van der Waals surface area contributed by atoms with Crippen LogP contribution in [0.2, 0.25) is 10.0 Å². The second-order valence-corrected chi connectivity index (χ2v) is 6.53. The molecular weight excluding hydrogens is 383 g/mol. The summed E-state index contributed by atoms with van der Waals surface area (Å²) < 4.78 is 0.708. The van der Waals surface area contributed by atoms with Crippen molar-refractivity contribution in [2.75, 3.05) is 18.4 Å². The molecule has 114 valence electrons. The van der Waals surface area contributed by atoms with Gasteiger partial charge in [0.2, 0.25) is 0 Å². The van der Waals surface area contributed by atoms with Crippen LogP contribution in [0, 0.1) is 5.92 Å². The molecule has 0 bridgehead atoms. The Balaban J connectivity index is 2.10. The Hall–Kier alpha value is -0.980. The highest BCUT2D eigenvalue weighted by Crippen LogP contribution is 2.34. The average Bonchev–Trinajstić information content (AvgIpc) is 2.42. The number of aliphatic carboxylic acids is 1. The molecule has 0 aliphatic carbocycles. The molecule has 1 aliphatic heterocycles. The maximum absolute atomic E-state index is 12.2. The van der Waals surface area contributed by atoms with Crippen LogP contribution in [-0.2, 0) is 4.79 Å². The lowest BCUT2D eigenvalue weighted by Crippen LogP contribution is -2.44. The van der Waals surface area contributed by atoms with Gasteiger partial charge in [-0.05, 0) is 25.0 Å². The molecule has 0 unspecified atom stereocenters. The number of carbonyl (C=O) groups excluding carboxylic acids is 1. The van der Waals surface area contributed by atoms with E-state index in [9.17, 15) is 9.59 Å². The molecule has 1 aromatic rings. The normalized spacial score (nSPS) is 18.4. The number of urea groups is 1. The molecule has 1 aliphatic rings. The molecule has 5 nitrogen and oxygen atoms in total. The fourth-order valence-electron chi connectivity index (χ4n) is 2.21. The summed E-state index contributed by atoms with van der Waals surface area (Å²) in [4.78, 5) is 24.7. The molecule has 21 heavy (non-hydrogen) atoms. The highest BCUT2D eigenvalue weighted by molar-refractivity contribution is 9.10. The van der Waals surface area contributed by atoms with Gasteiger partial charge in [-0.3, -0.25) is 4.79 Å². The van der Waals surface area contributed by atoms with Gasteiger partial charge in [-0.25, -0.2) is 4.79 Å². The first-order valence-corrected chi connectivity index (χ1v) is 7.86. The van der Waals surface area contributed by atoms with Crippen LogP contribution in [0.25, 0.3) is 0 Å². The van der Waals surface area contributed by atoms with Gasteiger partial charge in [-0.15, -0.1) is 0 Å². The first-order chi connectivity index (χ1) is 9.88. The van der Waals surface area contributed by atoms with Crippen LogP contribution in [0.1, 0.15) is 12.8 Å². The van der Waals surface area contributed by atoms with E-state index in [0.29, 0.717) is 39.6 Å². The van der Waals surface area contributed by atoms with Crippen LogP contribution in [0.3, 0.4) is 0 Å². The number of amides is 2. The number of nitrogens with one attached hydrogen (secondary N) is 1. The molecule has 2 rings (SSSR count). The number of carboxylic acids is 1. The Labute approximate surface area is 140 Å². The van der Waals surface area contributed by atoms with Crippen molar-refractivity contribution in [3.05, 3.63) is 26.7 Å². The van der Waals surface area contributed by atoms with Gasteiger partial charge in [0.1, 0.15) is 0 Å². The summed E-state index contributed by atoms with van der Waals surface area (Å²) in [5, 5.41) is 12.3. The van der Waals surface area contributed by atoms with E-state index in [4.69, 9.17) is 28.3 Å². The van der Waals surface area contributed by atoms with Crippen LogP contribution < -0.4 is 5.32 Å². The molecule has 2 amide bonds. The summed E-state index contributed by atoms with van der Waals surface area (Å²) in [5.74, 6) is -1.41. The third-order valence-electron chi connectivity index (χ3n) is 3.30. The van der Waals surface area contributed by atoms with E-state index >= 15 is 0 Å². The van der Waals surface area contributed by atoms with Gasteiger partial charge < -0.3 is 15.3 Å². The molecule has 0 aromatic heterocycles. The fourth-order valence-corrected chi connectivity index (χ4v) is 3.51. The number of nitrogens with zero attached hydrogens (tertiary/aromatic N) is 1. The largest absolute Gasteiger partial charge is 0.481 e. The van der Waals surface area contributed by atoms with E-state index in [1.807, 2.05) is 0 Å². The maximum atomic E-state index is 12.2. The summed E-state index contributed by atoms with van der Waals surface area (Å²) in [6, 6.07) is 2.85. The van der Waals surface area contributed by atoms with Crippen LogP contribution in [-0.4, -0.2) is 35.1 Å². The highest BCUT2D eigenvalue weighted by Gasteiger charge is 2.28. The van der Waals surface area contributed by atoms with Gasteiger partial charge >= 0.3 is 12.0 Å². The van der Waals surface area contributed by atoms with Crippen molar-refractivity contribution < 1.29 is 14.7 Å². The molecular formula is C13H13BrCl2N2O3. The molecule has 1 heterocycles. The van der Waals surface area contributed by atoms with E-state index in [-0.39, 0.29) is 6.54 Å². The zero-order valence-corrected chi connectivity index (χ0v) is 14.0. The second-order valence-electron chi connectivity index (χ2n) is 4.80. The molecule has 0 saturated carbocycles. The summed E-state index contributed by atoms with van der Waals surface area (Å²) in [6.07, 6.45) is 1.24. The highest BCUT2D eigenvalue weighted by atomic mass is 79.9. The number of rotatable bonds is 2. The zero-order chi connectivity index (χ0) is 15.6. The lowest BCUT2D eigenvalue weighted by Gasteiger charge is -2.30. The van der Waals surface area contributed by atoms with Gasteiger partial charge in [-0.2, -0.15) is 0 Å². The average molecular weight is 396 g/mol. The molecule has 0 spiro atoms. The van der Waals surface area contributed by atoms with Crippen LogP contribution in [0.5, 0.6) is 0 Å². The number of anilines is 1. The number of carboxylic acid groups (broad SMARTS) is 1. The minimum absolute atomic E-state index is 0.187. The van der Waals surface area contributed by atoms with Crippen molar-refractivity contribution >= 4 is 56.8 Å². The topological polar surface area (TPSA) is 69.6 Å². The van der Waals surface area contributed by atoms with E-state index in [1.54, 1.807) is 12.1 Å². The molecule has 2 N–H and O–H groups in total. The van der Waals surface area contributed by atoms with Gasteiger partial charge in [0.25, 0.3) is 0 Å². The maximum Gasteiger partial charge on any atom is 0.321 e. The predicted molar refractivity (Wildman–Crippen MR) is 85.1 cm³/mol. The summed E-state index contributed by atoms with van der Waals surface area (Å²) in [7, 11) is 0. The standard InChI is InChI=1S/C13H13BrCl2N2O3/c14-8-4-9(15)11(10(16)5-8)17-13(21)18-3-1-2-7(6-18)12(19)20/h4-5,7H,1-3,6H2,(H,17,21)(H,19,20)/t7-/m1/s1. The predicted octanol–water partition coefficient (Wildman–Crippen LogP) is 4.08. The van der Waals surface area contributed by atoms with Crippen molar-refractivity contribution in [2.24, 2.45) is 5.92 Å². The SMILES string of the molecule is O=C(O)[C@@H]1CCCN(C(=O)Nc2c(Cl)cc(Br)cc2Cl)C1. The Morgan fingerprint density at radius 1 is 1.33 bits per heavy atom. The first-order valence-electron chi connectivity index (χ1n) is 6.31. The van der Waals surface area contributed by atoms with E-state index in [0.717, 1.165) is 0 Å². The smallest absolute Gasteiger partial charge is 0.321 e. The zero-order valence-electron chi connectivity index (χ0n) is 10.9. The lowest BCUT2D eigenvalue weighted by molar-refractivity contribution is -0.143. The van der Waals surface area contributed by atoms with Crippen molar-refractivity contribution in [1.29, 1.82) is 0 Å². The molecule has 8 heteroatoms. The molecule has 1 aromatic carbocycles. The molecule has 0 radical (unpaired) electrons. The number of hydrogen-bond acceptors (Lipinski definition) is 2. The third kappa shape index (κ3) is 4.02. The monoisotopic (exact) mass is 394 g/mol. The number of piperidine rings is 1. The van der Waals surface area contributed by atoms with Crippen molar-refractivity contribution in [3.63, 3.8) is 0 Å². The van der Waals surface area contributed by atoms with E-state index in [1.165, 1.54) is 4.90 Å². The summed E-state index contributed by atoms with van der Waals surface area (Å²) in [5.41, 5.74) is 0.323. The van der Waals surface area contributed by atoms with E-state index < -0.39 is 17.9 Å². The molecule has 1 saturated heterocycles. The fraction of sp³-hybridized carbons (Fsp3) is 0.385. The van der Waals surface area contributed by atoms with Crippen molar-refractivity contribution in [2.45, 2.75) is 12.8 Å². The van der Waals surface area contributed by atoms with E-state index in [2.05, 4.69) is 21.2 Å². The second kappa shape index (κ2) is 6.85. The summed E-state index contributed by atoms with van der Waals surface area (Å²) in [6.45, 7) is 0.703. The Morgan fingerprint density at radius 3 is 2.52 bits per heavy atom. The van der Waals surface area contributed by atoms with Crippen LogP contribution in [0.15, 0.2) is 16.6 Å². The quantitative estimate of drug-likeness (QED) is 0.792. The van der Waals surface area contributed by atoms with Gasteiger partial charge in [0.05, 0.1) is 21.7 Å². The Morgan fingerprint density at radius 2 is 1.95 bits per heavy atom. The first kappa shape index (κ1) is 16.4. The van der Waals surface area contributed by atoms with Crippen LogP contribution in [0.4, 0.5) is 10.5 Å². The summed E-state index contributed by atoms with van der Waals surface area (Å²) >= 11 is 15.4. The van der Waals surface area contributed by atoms with Crippen LogP contribution >= 0.6 is 39.1 Å². The Bertz CT molecular complexity index is 560. The number of halogens is 3. The van der Waals surface area contributed by atoms with Crippen molar-refractivity contribution in [3.8, 4) is 0 Å². The number of likely N-dealkylation sites (tertiary alicyclic amines) is 1. The molecule has 1 atom stereocenters.